The number of nitrogens with zero attached hydrogens (tertiary/aromatic N) is 2. The molecular formula is C14H19N3O2. The molecule has 0 saturated carbocycles. The highest BCUT2D eigenvalue weighted by Gasteiger charge is 2.22. The van der Waals surface area contributed by atoms with E-state index in [1.165, 1.54) is 0 Å². The first-order chi connectivity index (χ1) is 8.97. The fraction of sp³-hybridized carbons (Fsp3) is 0.429. The summed E-state index contributed by atoms with van der Waals surface area (Å²) in [4.78, 5) is 26.8. The molecule has 0 aromatic heterocycles. The molecule has 2 rings (SSSR count). The van der Waals surface area contributed by atoms with E-state index in [2.05, 4.69) is 5.32 Å². The second-order valence-electron chi connectivity index (χ2n) is 5.05. The lowest BCUT2D eigenvalue weighted by molar-refractivity contribution is -0.117. The van der Waals surface area contributed by atoms with Gasteiger partial charge in [-0.3, -0.25) is 9.59 Å². The Morgan fingerprint density at radius 1 is 1.37 bits per heavy atom. The van der Waals surface area contributed by atoms with E-state index in [1.54, 1.807) is 11.8 Å². The minimum Gasteiger partial charge on any atom is -0.325 e. The standard InChI is InChI=1S/C14H19N3O2/c1-10(18)17-7-6-11-4-5-12(8-13(11)17)15-14(19)9-16(2)3/h4-5,8H,6-7,9H2,1-3H3,(H,15,19). The molecule has 5 nitrogen and oxygen atoms in total. The molecule has 19 heavy (non-hydrogen) atoms. The van der Waals surface area contributed by atoms with Crippen LogP contribution in [0.25, 0.3) is 0 Å². The van der Waals surface area contributed by atoms with Gasteiger partial charge in [0.05, 0.1) is 6.54 Å². The molecule has 0 radical (unpaired) electrons. The summed E-state index contributed by atoms with van der Waals surface area (Å²) in [6.07, 6.45) is 0.876. The van der Waals surface area contributed by atoms with Crippen LogP contribution < -0.4 is 10.2 Å². The van der Waals surface area contributed by atoms with Crippen LogP contribution in [0.4, 0.5) is 11.4 Å². The minimum absolute atomic E-state index is 0.0375. The van der Waals surface area contributed by atoms with Crippen LogP contribution in [0.15, 0.2) is 18.2 Å². The summed E-state index contributed by atoms with van der Waals surface area (Å²) in [6, 6.07) is 5.73. The van der Waals surface area contributed by atoms with Crippen molar-refractivity contribution >= 4 is 23.2 Å². The Hall–Kier alpha value is -1.88. The number of carbonyl (C=O) groups is 2. The average molecular weight is 261 g/mol. The molecule has 1 heterocycles. The molecule has 5 heteroatoms. The molecule has 2 amide bonds. The summed E-state index contributed by atoms with van der Waals surface area (Å²) in [5.41, 5.74) is 2.80. The van der Waals surface area contributed by atoms with Crippen molar-refractivity contribution in [3.63, 3.8) is 0 Å². The smallest absolute Gasteiger partial charge is 0.238 e. The lowest BCUT2D eigenvalue weighted by atomic mass is 10.1. The third-order valence-corrected chi connectivity index (χ3v) is 3.10. The van der Waals surface area contributed by atoms with E-state index < -0.39 is 0 Å². The van der Waals surface area contributed by atoms with E-state index in [0.29, 0.717) is 6.54 Å². The van der Waals surface area contributed by atoms with Gasteiger partial charge in [-0.1, -0.05) is 6.07 Å². The molecule has 1 aromatic carbocycles. The molecule has 0 saturated heterocycles. The van der Waals surface area contributed by atoms with Gasteiger partial charge in [-0.2, -0.15) is 0 Å². The SMILES string of the molecule is CC(=O)N1CCc2ccc(NC(=O)CN(C)C)cc21. The highest BCUT2D eigenvalue weighted by molar-refractivity contribution is 5.96. The van der Waals surface area contributed by atoms with Crippen molar-refractivity contribution in [3.8, 4) is 0 Å². The number of rotatable bonds is 3. The number of nitrogens with one attached hydrogen (secondary N) is 1. The molecule has 0 bridgehead atoms. The van der Waals surface area contributed by atoms with Gasteiger partial charge in [0.2, 0.25) is 11.8 Å². The fourth-order valence-corrected chi connectivity index (χ4v) is 2.27. The Labute approximate surface area is 113 Å². The van der Waals surface area contributed by atoms with Crippen LogP contribution in [0.1, 0.15) is 12.5 Å². The van der Waals surface area contributed by atoms with Gasteiger partial charge in [-0.25, -0.2) is 0 Å². The largest absolute Gasteiger partial charge is 0.325 e. The first-order valence-electron chi connectivity index (χ1n) is 6.33. The first-order valence-corrected chi connectivity index (χ1v) is 6.33. The van der Waals surface area contributed by atoms with Gasteiger partial charge < -0.3 is 15.1 Å². The number of carbonyl (C=O) groups excluding carboxylic acids is 2. The van der Waals surface area contributed by atoms with E-state index in [9.17, 15) is 9.59 Å². The van der Waals surface area contributed by atoms with Gasteiger partial charge in [0.25, 0.3) is 0 Å². The maximum atomic E-state index is 11.7. The molecule has 0 spiro atoms. The van der Waals surface area contributed by atoms with Crippen molar-refractivity contribution in [2.24, 2.45) is 0 Å². The summed E-state index contributed by atoms with van der Waals surface area (Å²) < 4.78 is 0. The number of benzene rings is 1. The molecule has 0 atom stereocenters. The van der Waals surface area contributed by atoms with Crippen molar-refractivity contribution in [3.05, 3.63) is 23.8 Å². The van der Waals surface area contributed by atoms with Gasteiger partial charge in [0, 0.05) is 24.8 Å². The van der Waals surface area contributed by atoms with Gasteiger partial charge in [-0.15, -0.1) is 0 Å². The van der Waals surface area contributed by atoms with E-state index in [4.69, 9.17) is 0 Å². The zero-order chi connectivity index (χ0) is 14.0. The highest BCUT2D eigenvalue weighted by Crippen LogP contribution is 2.30. The van der Waals surface area contributed by atoms with Crippen LogP contribution in [0, 0.1) is 0 Å². The molecule has 1 aliphatic rings. The monoisotopic (exact) mass is 261 g/mol. The Balaban J connectivity index is 2.15. The normalized spacial score (nSPS) is 13.6. The Kier molecular flexibility index (Phi) is 3.85. The van der Waals surface area contributed by atoms with Crippen LogP contribution >= 0.6 is 0 Å². The van der Waals surface area contributed by atoms with Crippen molar-refractivity contribution < 1.29 is 9.59 Å². The van der Waals surface area contributed by atoms with Crippen molar-refractivity contribution in [2.45, 2.75) is 13.3 Å². The molecule has 1 aliphatic heterocycles. The summed E-state index contributed by atoms with van der Waals surface area (Å²) in [7, 11) is 3.69. The minimum atomic E-state index is -0.0580. The first kappa shape index (κ1) is 13.5. The number of hydrogen-bond donors (Lipinski definition) is 1. The van der Waals surface area contributed by atoms with Crippen LogP contribution in [-0.4, -0.2) is 43.9 Å². The third-order valence-electron chi connectivity index (χ3n) is 3.10. The van der Waals surface area contributed by atoms with Crippen LogP contribution in [0.5, 0.6) is 0 Å². The molecule has 102 valence electrons. The Morgan fingerprint density at radius 2 is 2.11 bits per heavy atom. The number of hydrogen-bond acceptors (Lipinski definition) is 3. The molecular weight excluding hydrogens is 242 g/mol. The second kappa shape index (κ2) is 5.40. The zero-order valence-electron chi connectivity index (χ0n) is 11.6. The quantitative estimate of drug-likeness (QED) is 0.886. The fourth-order valence-electron chi connectivity index (χ4n) is 2.27. The van der Waals surface area contributed by atoms with E-state index in [1.807, 2.05) is 37.2 Å². The Bertz CT molecular complexity index is 511. The lowest BCUT2D eigenvalue weighted by Gasteiger charge is -2.16. The van der Waals surface area contributed by atoms with Gasteiger partial charge in [0.15, 0.2) is 0 Å². The summed E-state index contributed by atoms with van der Waals surface area (Å²) in [5, 5.41) is 2.84. The lowest BCUT2D eigenvalue weighted by Crippen LogP contribution is -2.27. The maximum absolute atomic E-state index is 11.7. The number of anilines is 2. The number of fused-ring (bicyclic) bond motifs is 1. The predicted molar refractivity (Wildman–Crippen MR) is 75.4 cm³/mol. The van der Waals surface area contributed by atoms with Crippen LogP contribution in [0.2, 0.25) is 0 Å². The Morgan fingerprint density at radius 3 is 2.74 bits per heavy atom. The molecule has 0 unspecified atom stereocenters. The van der Waals surface area contributed by atoms with Crippen LogP contribution in [-0.2, 0) is 16.0 Å². The van der Waals surface area contributed by atoms with E-state index in [-0.39, 0.29) is 11.8 Å². The van der Waals surface area contributed by atoms with Gasteiger partial charge >= 0.3 is 0 Å². The molecule has 0 aliphatic carbocycles. The second-order valence-corrected chi connectivity index (χ2v) is 5.05. The van der Waals surface area contributed by atoms with Crippen molar-refractivity contribution in [1.29, 1.82) is 0 Å². The highest BCUT2D eigenvalue weighted by atomic mass is 16.2. The number of likely N-dealkylation sites (N-methyl/N-ethyl adjacent to an activating group) is 1. The van der Waals surface area contributed by atoms with Crippen molar-refractivity contribution in [2.75, 3.05) is 37.4 Å². The molecule has 1 aromatic rings. The molecule has 0 fully saturated rings. The predicted octanol–water partition coefficient (Wildman–Crippen LogP) is 1.10. The summed E-state index contributed by atoms with van der Waals surface area (Å²) in [6.45, 7) is 2.62. The average Bonchev–Trinajstić information content (AvgIpc) is 2.70. The molecule has 1 N–H and O–H groups in total. The third kappa shape index (κ3) is 3.12. The van der Waals surface area contributed by atoms with Gasteiger partial charge in [-0.05, 0) is 38.2 Å². The number of amides is 2. The van der Waals surface area contributed by atoms with Crippen molar-refractivity contribution in [1.82, 2.24) is 4.90 Å². The van der Waals surface area contributed by atoms with E-state index >= 15 is 0 Å². The summed E-state index contributed by atoms with van der Waals surface area (Å²) in [5.74, 6) is -0.0205. The topological polar surface area (TPSA) is 52.7 Å². The van der Waals surface area contributed by atoms with E-state index in [0.717, 1.165) is 29.9 Å². The zero-order valence-corrected chi connectivity index (χ0v) is 11.6. The van der Waals surface area contributed by atoms with Crippen LogP contribution in [0.3, 0.4) is 0 Å². The summed E-state index contributed by atoms with van der Waals surface area (Å²) >= 11 is 0. The van der Waals surface area contributed by atoms with Gasteiger partial charge in [0.1, 0.15) is 0 Å². The maximum Gasteiger partial charge on any atom is 0.238 e.